The molecule has 7 aromatic rings. The molecule has 1 aliphatic heterocycles. The minimum absolute atomic E-state index is 0.361. The van der Waals surface area contributed by atoms with E-state index in [2.05, 4.69) is 0 Å². The topological polar surface area (TPSA) is 55.4 Å². The lowest BCUT2D eigenvalue weighted by Crippen LogP contribution is -2.11. The number of hydrogen-bond donors (Lipinski definition) is 0. The molecule has 0 bridgehead atoms. The third-order valence-corrected chi connectivity index (χ3v) is 8.83. The van der Waals surface area contributed by atoms with Crippen LogP contribution in [0.4, 0.5) is 0 Å². The Morgan fingerprint density at radius 1 is 0.357 bits per heavy atom. The van der Waals surface area contributed by atoms with E-state index in [1.807, 2.05) is 194 Å². The van der Waals surface area contributed by atoms with Crippen molar-refractivity contribution in [1.29, 1.82) is 0 Å². The normalized spacial score (nSPS) is 11.4. The van der Waals surface area contributed by atoms with Gasteiger partial charge in [-0.3, -0.25) is 0 Å². The SMILES string of the molecule is C1=C(OCc2ccccc2)COc2cc(OCc3ccccc3)cc(OCc3ccccc3)c21.c1ccc(COc2ccccc2OCc2ccccc2)cc1. The predicted molar refractivity (Wildman–Crippen MR) is 221 cm³/mol. The van der Waals surface area contributed by atoms with Crippen LogP contribution in [-0.4, -0.2) is 6.61 Å². The van der Waals surface area contributed by atoms with E-state index in [0.717, 1.165) is 56.4 Å². The molecule has 6 heteroatoms. The third kappa shape index (κ3) is 11.3. The van der Waals surface area contributed by atoms with Crippen molar-refractivity contribution in [3.63, 3.8) is 0 Å². The van der Waals surface area contributed by atoms with Crippen LogP contribution in [0.5, 0.6) is 28.7 Å². The minimum atomic E-state index is 0.361. The van der Waals surface area contributed by atoms with E-state index in [4.69, 9.17) is 28.4 Å². The van der Waals surface area contributed by atoms with Gasteiger partial charge in [0, 0.05) is 12.1 Å². The standard InChI is InChI=1S/C30H26O4.C20H18O2/c1-4-10-23(11-5-1)19-31-26-17-29(33-21-25-14-8-3-9-15-25)28-16-27(22-34-30(28)18-26)32-20-24-12-6-2-7-13-24;1-3-9-17(10-4-1)15-21-19-13-7-8-14-20(19)22-16-18-11-5-2-6-12-18/h1-18H,19-22H2;1-14H,15-16H2. The van der Waals surface area contributed by atoms with Crippen molar-refractivity contribution in [2.45, 2.75) is 33.0 Å². The Morgan fingerprint density at radius 2 is 0.714 bits per heavy atom. The molecule has 0 atom stereocenters. The molecular weight excluding hydrogens is 697 g/mol. The van der Waals surface area contributed by atoms with E-state index in [0.29, 0.717) is 51.1 Å². The molecule has 0 radical (unpaired) electrons. The van der Waals surface area contributed by atoms with Crippen LogP contribution in [-0.2, 0) is 37.8 Å². The van der Waals surface area contributed by atoms with Gasteiger partial charge in [0.2, 0.25) is 0 Å². The number of ether oxygens (including phenoxy) is 6. The zero-order valence-corrected chi connectivity index (χ0v) is 31.2. The van der Waals surface area contributed by atoms with Gasteiger partial charge < -0.3 is 28.4 Å². The van der Waals surface area contributed by atoms with Crippen molar-refractivity contribution >= 4 is 6.08 Å². The summed E-state index contributed by atoms with van der Waals surface area (Å²) in [5, 5.41) is 0. The lowest BCUT2D eigenvalue weighted by atomic mass is 10.1. The van der Waals surface area contributed by atoms with Gasteiger partial charge in [-0.15, -0.1) is 0 Å². The first kappa shape index (κ1) is 37.4. The molecule has 0 spiro atoms. The fourth-order valence-corrected chi connectivity index (χ4v) is 5.86. The van der Waals surface area contributed by atoms with Gasteiger partial charge in [0.15, 0.2) is 11.5 Å². The molecule has 0 unspecified atom stereocenters. The van der Waals surface area contributed by atoms with Gasteiger partial charge in [-0.05, 0) is 46.0 Å². The van der Waals surface area contributed by atoms with Crippen molar-refractivity contribution in [1.82, 2.24) is 0 Å². The number of rotatable bonds is 15. The highest BCUT2D eigenvalue weighted by Crippen LogP contribution is 2.39. The average Bonchev–Trinajstić information content (AvgIpc) is 3.27. The Bertz CT molecular complexity index is 2180. The predicted octanol–water partition coefficient (Wildman–Crippen LogP) is 11.6. The highest BCUT2D eigenvalue weighted by molar-refractivity contribution is 5.69. The molecule has 0 saturated carbocycles. The molecule has 280 valence electrons. The Morgan fingerprint density at radius 3 is 1.14 bits per heavy atom. The zero-order chi connectivity index (χ0) is 38.0. The van der Waals surface area contributed by atoms with Gasteiger partial charge >= 0.3 is 0 Å². The summed E-state index contributed by atoms with van der Waals surface area (Å²) in [5.41, 5.74) is 6.44. The van der Waals surface area contributed by atoms with Crippen LogP contribution in [0.2, 0.25) is 0 Å². The van der Waals surface area contributed by atoms with Crippen molar-refractivity contribution in [3.05, 3.63) is 227 Å². The number of hydrogen-bond acceptors (Lipinski definition) is 6. The first-order chi connectivity index (χ1) is 27.7. The molecule has 0 aliphatic carbocycles. The monoisotopic (exact) mass is 740 g/mol. The van der Waals surface area contributed by atoms with Crippen molar-refractivity contribution in [2.75, 3.05) is 6.61 Å². The maximum Gasteiger partial charge on any atom is 0.161 e. The van der Waals surface area contributed by atoms with Crippen molar-refractivity contribution < 1.29 is 28.4 Å². The molecule has 6 nitrogen and oxygen atoms in total. The Kier molecular flexibility index (Phi) is 13.3. The molecule has 56 heavy (non-hydrogen) atoms. The number of benzene rings is 7. The minimum Gasteiger partial charge on any atom is -0.490 e. The van der Waals surface area contributed by atoms with E-state index in [-0.39, 0.29) is 0 Å². The van der Waals surface area contributed by atoms with Crippen LogP contribution in [0.25, 0.3) is 6.08 Å². The summed E-state index contributed by atoms with van der Waals surface area (Å²) in [6.07, 6.45) is 2.00. The Hall–Kier alpha value is -6.92. The molecule has 0 fully saturated rings. The van der Waals surface area contributed by atoms with Gasteiger partial charge in [-0.2, -0.15) is 0 Å². The van der Waals surface area contributed by atoms with E-state index in [1.54, 1.807) is 0 Å². The van der Waals surface area contributed by atoms with Crippen LogP contribution in [0, 0.1) is 0 Å². The third-order valence-electron chi connectivity index (χ3n) is 8.83. The molecule has 7 aromatic carbocycles. The largest absolute Gasteiger partial charge is 0.490 e. The van der Waals surface area contributed by atoms with E-state index >= 15 is 0 Å². The van der Waals surface area contributed by atoms with E-state index in [9.17, 15) is 0 Å². The van der Waals surface area contributed by atoms with Gasteiger partial charge in [0.1, 0.15) is 62.6 Å². The quantitative estimate of drug-likeness (QED) is 0.104. The van der Waals surface area contributed by atoms with Crippen LogP contribution in [0.15, 0.2) is 194 Å². The molecule has 0 saturated heterocycles. The second-order valence-corrected chi connectivity index (χ2v) is 13.1. The second kappa shape index (κ2) is 20.0. The van der Waals surface area contributed by atoms with Crippen LogP contribution in [0.3, 0.4) is 0 Å². The lowest BCUT2D eigenvalue weighted by Gasteiger charge is -2.22. The summed E-state index contributed by atoms with van der Waals surface area (Å²) < 4.78 is 36.2. The molecule has 1 heterocycles. The maximum atomic E-state index is 6.23. The average molecular weight is 741 g/mol. The van der Waals surface area contributed by atoms with E-state index in [1.165, 1.54) is 0 Å². The van der Waals surface area contributed by atoms with Crippen LogP contribution < -0.4 is 23.7 Å². The van der Waals surface area contributed by atoms with Crippen LogP contribution in [0.1, 0.15) is 33.4 Å². The van der Waals surface area contributed by atoms with Gasteiger partial charge in [-0.1, -0.05) is 164 Å². The van der Waals surface area contributed by atoms with Gasteiger partial charge in [0.05, 0.1) is 5.56 Å². The molecule has 1 aliphatic rings. The summed E-state index contributed by atoms with van der Waals surface area (Å²) in [6.45, 7) is 2.84. The summed E-state index contributed by atoms with van der Waals surface area (Å²) in [4.78, 5) is 0. The Labute approximate surface area is 329 Å². The van der Waals surface area contributed by atoms with Crippen molar-refractivity contribution in [3.8, 4) is 28.7 Å². The summed E-state index contributed by atoms with van der Waals surface area (Å²) in [6, 6.07) is 62.1. The number of para-hydroxylation sites is 2. The molecule has 0 N–H and O–H groups in total. The summed E-state index contributed by atoms with van der Waals surface area (Å²) >= 11 is 0. The molecule has 8 rings (SSSR count). The first-order valence-electron chi connectivity index (χ1n) is 18.7. The van der Waals surface area contributed by atoms with Crippen molar-refractivity contribution in [2.24, 2.45) is 0 Å². The molecule has 0 aromatic heterocycles. The molecular formula is C50H44O6. The van der Waals surface area contributed by atoms with E-state index < -0.39 is 0 Å². The fourth-order valence-electron chi connectivity index (χ4n) is 5.86. The zero-order valence-electron chi connectivity index (χ0n) is 31.2. The highest BCUT2D eigenvalue weighted by Gasteiger charge is 2.20. The van der Waals surface area contributed by atoms with Gasteiger partial charge in [-0.25, -0.2) is 0 Å². The first-order valence-corrected chi connectivity index (χ1v) is 18.7. The second-order valence-electron chi connectivity index (χ2n) is 13.1. The summed E-state index contributed by atoms with van der Waals surface area (Å²) in [7, 11) is 0. The molecule has 0 amide bonds. The smallest absolute Gasteiger partial charge is 0.161 e. The summed E-state index contributed by atoms with van der Waals surface area (Å²) in [5.74, 6) is 4.42. The highest BCUT2D eigenvalue weighted by atomic mass is 16.5. The number of fused-ring (bicyclic) bond motifs is 1. The Balaban J connectivity index is 0.000000189. The maximum absolute atomic E-state index is 6.23. The fraction of sp³-hybridized carbons (Fsp3) is 0.120. The van der Waals surface area contributed by atoms with Gasteiger partial charge in [0.25, 0.3) is 0 Å². The van der Waals surface area contributed by atoms with Crippen LogP contribution >= 0.6 is 0 Å². The lowest BCUT2D eigenvalue weighted by molar-refractivity contribution is 0.157.